The van der Waals surface area contributed by atoms with Gasteiger partial charge in [0.05, 0.1) is 18.7 Å². The number of hydrogen-bond acceptors (Lipinski definition) is 6. The fraction of sp³-hybridized carbons (Fsp3) is 0.346. The second-order valence-corrected chi connectivity index (χ2v) is 8.95. The number of nitrogens with one attached hydrogen (secondary N) is 2. The number of hydrogen-bond donors (Lipinski definition) is 4. The average molecular weight is 495 g/mol. The molecule has 3 aromatic rings. The molecule has 2 aromatic carbocycles. The van der Waals surface area contributed by atoms with Crippen LogP contribution in [0, 0.1) is 5.82 Å². The van der Waals surface area contributed by atoms with E-state index < -0.39 is 17.6 Å². The summed E-state index contributed by atoms with van der Waals surface area (Å²) in [7, 11) is 3.36. The number of aromatic nitrogens is 2. The number of anilines is 1. The molecule has 0 saturated heterocycles. The Morgan fingerprint density at radius 1 is 1.19 bits per heavy atom. The van der Waals surface area contributed by atoms with Gasteiger partial charge in [0, 0.05) is 18.2 Å². The summed E-state index contributed by atoms with van der Waals surface area (Å²) in [6, 6.07) is 11.5. The number of nitrogens with two attached hydrogens (primary N) is 2. The van der Waals surface area contributed by atoms with E-state index in [2.05, 4.69) is 10.6 Å². The van der Waals surface area contributed by atoms with Gasteiger partial charge in [-0.15, -0.1) is 0 Å². The highest BCUT2D eigenvalue weighted by molar-refractivity contribution is 6.03. The van der Waals surface area contributed by atoms with Gasteiger partial charge < -0.3 is 26.8 Å². The largest absolute Gasteiger partial charge is 0.496 e. The number of rotatable bonds is 8. The third-order valence-corrected chi connectivity index (χ3v) is 6.68. The lowest BCUT2D eigenvalue weighted by molar-refractivity contribution is 0.0946. The summed E-state index contributed by atoms with van der Waals surface area (Å²) < 4.78 is 20.5. The molecule has 1 aliphatic rings. The molecular formula is C26H31FN6O3. The standard InChI is InChI=1S/C26H31FN6O3/c1-30-18-4-3-5-19(13-18)33-24(28)22(25(29)34)23(32-33)16-8-6-15(7-9-16)14-31-26(35)20-12-17(27)10-11-21(20)36-2/h6-12,18-19,30H,3-5,13-14,28H2,1-2H3,(H2,29,34)(H,31,35)/t18-,19+/m1/s1. The molecule has 4 rings (SSSR count). The smallest absolute Gasteiger partial charge is 0.255 e. The number of nitrogen functional groups attached to an aromatic ring is 1. The normalized spacial score (nSPS) is 17.5. The lowest BCUT2D eigenvalue weighted by atomic mass is 9.91. The monoisotopic (exact) mass is 494 g/mol. The van der Waals surface area contributed by atoms with Crippen LogP contribution in [0.4, 0.5) is 10.2 Å². The second kappa shape index (κ2) is 10.8. The molecule has 190 valence electrons. The topological polar surface area (TPSA) is 137 Å². The van der Waals surface area contributed by atoms with E-state index in [-0.39, 0.29) is 35.3 Å². The van der Waals surface area contributed by atoms with Crippen molar-refractivity contribution < 1.29 is 18.7 Å². The van der Waals surface area contributed by atoms with Crippen LogP contribution < -0.4 is 26.8 Å². The highest BCUT2D eigenvalue weighted by atomic mass is 19.1. The van der Waals surface area contributed by atoms with E-state index in [0.29, 0.717) is 17.3 Å². The van der Waals surface area contributed by atoms with E-state index in [0.717, 1.165) is 37.3 Å². The SMILES string of the molecule is CN[C@@H]1CCC[C@H](n2nc(-c3ccc(CNC(=O)c4cc(F)ccc4OC)cc3)c(C(N)=O)c2N)C1. The fourth-order valence-electron chi connectivity index (χ4n) is 4.73. The number of halogens is 1. The molecular weight excluding hydrogens is 463 g/mol. The summed E-state index contributed by atoms with van der Waals surface area (Å²) in [6.07, 6.45) is 3.93. The molecule has 9 nitrogen and oxygen atoms in total. The molecule has 1 saturated carbocycles. The summed E-state index contributed by atoms with van der Waals surface area (Å²) in [5.74, 6) is -1.04. The first-order valence-electron chi connectivity index (χ1n) is 11.9. The van der Waals surface area contributed by atoms with Crippen molar-refractivity contribution in [2.45, 2.75) is 44.3 Å². The molecule has 0 spiro atoms. The molecule has 0 unspecified atom stereocenters. The molecule has 1 aliphatic carbocycles. The number of nitrogens with zero attached hydrogens (tertiary/aromatic N) is 2. The lowest BCUT2D eigenvalue weighted by Gasteiger charge is -2.29. The first-order chi connectivity index (χ1) is 17.3. The van der Waals surface area contributed by atoms with Gasteiger partial charge in [0.2, 0.25) is 0 Å². The van der Waals surface area contributed by atoms with Gasteiger partial charge in [0.1, 0.15) is 28.6 Å². The first-order valence-corrected chi connectivity index (χ1v) is 11.9. The number of primary amides is 1. The van der Waals surface area contributed by atoms with E-state index >= 15 is 0 Å². The highest BCUT2D eigenvalue weighted by Crippen LogP contribution is 2.35. The van der Waals surface area contributed by atoms with Crippen molar-refractivity contribution in [3.05, 3.63) is 65.0 Å². The Kier molecular flexibility index (Phi) is 7.54. The molecule has 6 N–H and O–H groups in total. The maximum atomic E-state index is 13.6. The maximum Gasteiger partial charge on any atom is 0.255 e. The van der Waals surface area contributed by atoms with Gasteiger partial charge in [-0.2, -0.15) is 5.10 Å². The van der Waals surface area contributed by atoms with Crippen LogP contribution >= 0.6 is 0 Å². The molecule has 1 heterocycles. The molecule has 2 atom stereocenters. The molecule has 0 aliphatic heterocycles. The number of methoxy groups -OCH3 is 1. The molecule has 2 amide bonds. The van der Waals surface area contributed by atoms with Gasteiger partial charge in [-0.25, -0.2) is 9.07 Å². The van der Waals surface area contributed by atoms with Gasteiger partial charge in [0.25, 0.3) is 11.8 Å². The van der Waals surface area contributed by atoms with Crippen molar-refractivity contribution in [3.63, 3.8) is 0 Å². The summed E-state index contributed by atoms with van der Waals surface area (Å²) >= 11 is 0. The Bertz CT molecular complexity index is 1260. The van der Waals surface area contributed by atoms with E-state index in [1.165, 1.54) is 19.2 Å². The molecule has 10 heteroatoms. The Hall–Kier alpha value is -3.92. The number of carbonyl (C=O) groups is 2. The van der Waals surface area contributed by atoms with Crippen LogP contribution in [0.2, 0.25) is 0 Å². The number of amides is 2. The Morgan fingerprint density at radius 3 is 2.61 bits per heavy atom. The Morgan fingerprint density at radius 2 is 1.94 bits per heavy atom. The molecule has 1 fully saturated rings. The number of carbonyl (C=O) groups excluding carboxylic acids is 2. The van der Waals surface area contributed by atoms with Crippen LogP contribution in [0.25, 0.3) is 11.3 Å². The minimum atomic E-state index is -0.630. The van der Waals surface area contributed by atoms with E-state index in [1.807, 2.05) is 19.2 Å². The van der Waals surface area contributed by atoms with Crippen LogP contribution in [0.15, 0.2) is 42.5 Å². The van der Waals surface area contributed by atoms with Crippen LogP contribution in [0.1, 0.15) is 58.0 Å². The van der Waals surface area contributed by atoms with Crippen LogP contribution in [0.5, 0.6) is 5.75 Å². The van der Waals surface area contributed by atoms with Crippen molar-refractivity contribution in [1.29, 1.82) is 0 Å². The quantitative estimate of drug-likeness (QED) is 0.380. The number of benzene rings is 2. The molecule has 0 radical (unpaired) electrons. The fourth-order valence-corrected chi connectivity index (χ4v) is 4.73. The average Bonchev–Trinajstić information content (AvgIpc) is 3.24. The summed E-state index contributed by atoms with van der Waals surface area (Å²) in [5, 5.41) is 10.8. The van der Waals surface area contributed by atoms with E-state index in [1.54, 1.807) is 16.8 Å². The zero-order chi connectivity index (χ0) is 25.8. The summed E-state index contributed by atoms with van der Waals surface area (Å²) in [6.45, 7) is 0.214. The lowest BCUT2D eigenvalue weighted by Crippen LogP contribution is -2.33. The Balaban J connectivity index is 1.53. The van der Waals surface area contributed by atoms with Crippen molar-refractivity contribution in [2.75, 3.05) is 19.9 Å². The van der Waals surface area contributed by atoms with Gasteiger partial charge in [-0.05, 0) is 56.5 Å². The van der Waals surface area contributed by atoms with Crippen LogP contribution in [-0.4, -0.2) is 41.8 Å². The van der Waals surface area contributed by atoms with E-state index in [4.69, 9.17) is 21.3 Å². The van der Waals surface area contributed by atoms with Crippen molar-refractivity contribution >= 4 is 17.6 Å². The van der Waals surface area contributed by atoms with Crippen molar-refractivity contribution in [3.8, 4) is 17.0 Å². The minimum Gasteiger partial charge on any atom is -0.496 e. The number of ether oxygens (including phenoxy) is 1. The maximum absolute atomic E-state index is 13.6. The zero-order valence-corrected chi connectivity index (χ0v) is 20.4. The van der Waals surface area contributed by atoms with Crippen LogP contribution in [-0.2, 0) is 6.54 Å². The Labute approximate surface area is 209 Å². The van der Waals surface area contributed by atoms with Gasteiger partial charge in [0.15, 0.2) is 0 Å². The van der Waals surface area contributed by atoms with Gasteiger partial charge in [-0.3, -0.25) is 9.59 Å². The molecule has 36 heavy (non-hydrogen) atoms. The van der Waals surface area contributed by atoms with E-state index in [9.17, 15) is 14.0 Å². The van der Waals surface area contributed by atoms with Crippen LogP contribution in [0.3, 0.4) is 0 Å². The van der Waals surface area contributed by atoms with Gasteiger partial charge >= 0.3 is 0 Å². The predicted octanol–water partition coefficient (Wildman–Crippen LogP) is 3.01. The zero-order valence-electron chi connectivity index (χ0n) is 20.4. The summed E-state index contributed by atoms with van der Waals surface area (Å²) in [5.41, 5.74) is 14.3. The summed E-state index contributed by atoms with van der Waals surface area (Å²) in [4.78, 5) is 24.8. The third-order valence-electron chi connectivity index (χ3n) is 6.68. The molecule has 0 bridgehead atoms. The minimum absolute atomic E-state index is 0.0809. The molecule has 1 aromatic heterocycles. The third kappa shape index (κ3) is 5.18. The van der Waals surface area contributed by atoms with Gasteiger partial charge in [-0.1, -0.05) is 24.3 Å². The van der Waals surface area contributed by atoms with Crippen molar-refractivity contribution in [1.82, 2.24) is 20.4 Å². The second-order valence-electron chi connectivity index (χ2n) is 8.95. The predicted molar refractivity (Wildman–Crippen MR) is 135 cm³/mol. The first kappa shape index (κ1) is 25.2. The van der Waals surface area contributed by atoms with Crippen molar-refractivity contribution in [2.24, 2.45) is 5.73 Å². The highest BCUT2D eigenvalue weighted by Gasteiger charge is 2.29.